The first-order valence-electron chi connectivity index (χ1n) is 14.4. The molecule has 3 aliphatic carbocycles. The van der Waals surface area contributed by atoms with Gasteiger partial charge in [0.15, 0.2) is 5.03 Å². The number of hydrogen-bond acceptors (Lipinski definition) is 8. The van der Waals surface area contributed by atoms with Gasteiger partial charge in [-0.05, 0) is 74.3 Å². The van der Waals surface area contributed by atoms with Crippen LogP contribution in [-0.2, 0) is 14.1 Å². The molecular formula is C27H42BN7O6. The highest BCUT2D eigenvalue weighted by molar-refractivity contribution is 6.48. The monoisotopic (exact) mass is 571 g/mol. The van der Waals surface area contributed by atoms with Crippen LogP contribution in [-0.4, -0.2) is 65.1 Å². The maximum atomic E-state index is 13.7. The molecule has 2 bridgehead atoms. The van der Waals surface area contributed by atoms with Crippen LogP contribution in [0.4, 0.5) is 0 Å². The van der Waals surface area contributed by atoms with E-state index >= 15 is 0 Å². The minimum atomic E-state index is -0.900. The number of aromatic nitrogens is 1. The van der Waals surface area contributed by atoms with Gasteiger partial charge in [-0.3, -0.25) is 14.6 Å². The van der Waals surface area contributed by atoms with Gasteiger partial charge in [0.2, 0.25) is 5.91 Å². The Morgan fingerprint density at radius 1 is 1.29 bits per heavy atom. The van der Waals surface area contributed by atoms with Gasteiger partial charge in [0.1, 0.15) is 6.04 Å². The molecule has 4 aliphatic rings. The SMILES string of the molecule is CC(C)C[C@H](NC(=O)[C@H](CCCN=C(N)N[N+](=O)[O-])NC(=O)c1cccnc1)B1O[C@@H]2C[C@H]3C[C@H](C3(C)C)[C@]2(C)O1. The molecule has 2 heterocycles. The summed E-state index contributed by atoms with van der Waals surface area (Å²) in [4.78, 5) is 45.1. The second-order valence-electron chi connectivity index (χ2n) is 12.6. The van der Waals surface area contributed by atoms with Crippen molar-refractivity contribution in [2.75, 3.05) is 6.54 Å². The second-order valence-corrected chi connectivity index (χ2v) is 12.6. The van der Waals surface area contributed by atoms with E-state index in [0.717, 1.165) is 12.8 Å². The van der Waals surface area contributed by atoms with Crippen molar-refractivity contribution in [1.82, 2.24) is 21.0 Å². The Morgan fingerprint density at radius 2 is 2.05 bits per heavy atom. The molecule has 1 saturated heterocycles. The number of hydrogen-bond donors (Lipinski definition) is 4. The lowest BCUT2D eigenvalue weighted by molar-refractivity contribution is -0.525. The normalized spacial score (nSPS) is 27.8. The quantitative estimate of drug-likeness (QED) is 0.0726. The van der Waals surface area contributed by atoms with E-state index in [0.29, 0.717) is 30.2 Å². The van der Waals surface area contributed by atoms with Crippen LogP contribution >= 0.6 is 0 Å². The van der Waals surface area contributed by atoms with E-state index in [-0.39, 0.29) is 42.3 Å². The number of rotatable bonds is 12. The number of nitrogens with one attached hydrogen (secondary N) is 3. The van der Waals surface area contributed by atoms with E-state index in [1.54, 1.807) is 23.8 Å². The van der Waals surface area contributed by atoms with Crippen molar-refractivity contribution in [2.45, 2.75) is 90.4 Å². The predicted molar refractivity (Wildman–Crippen MR) is 153 cm³/mol. The van der Waals surface area contributed by atoms with Crippen molar-refractivity contribution >= 4 is 24.9 Å². The largest absolute Gasteiger partial charge is 0.481 e. The number of aliphatic imine (C=N–C) groups is 1. The third-order valence-electron chi connectivity index (χ3n) is 9.03. The van der Waals surface area contributed by atoms with Gasteiger partial charge in [0.25, 0.3) is 11.9 Å². The molecule has 3 saturated carbocycles. The Labute approximate surface area is 241 Å². The predicted octanol–water partition coefficient (Wildman–Crippen LogP) is 1.85. The minimum absolute atomic E-state index is 0.0204. The summed E-state index contributed by atoms with van der Waals surface area (Å²) in [5, 5.41) is 15.7. The highest BCUT2D eigenvalue weighted by Crippen LogP contribution is 2.65. The topological polar surface area (TPSA) is 183 Å². The van der Waals surface area contributed by atoms with E-state index in [2.05, 4.69) is 55.2 Å². The zero-order valence-electron chi connectivity index (χ0n) is 24.5. The molecule has 224 valence electrons. The number of amides is 2. The first-order chi connectivity index (χ1) is 19.3. The zero-order chi connectivity index (χ0) is 29.9. The summed E-state index contributed by atoms with van der Waals surface area (Å²) in [6, 6.07) is 2.36. The van der Waals surface area contributed by atoms with E-state index in [1.165, 1.54) is 6.20 Å². The van der Waals surface area contributed by atoms with Crippen LogP contribution in [0.3, 0.4) is 0 Å². The number of nitrogens with two attached hydrogens (primary N) is 1. The Kier molecular flexibility index (Phi) is 9.22. The van der Waals surface area contributed by atoms with Gasteiger partial charge in [0.05, 0.1) is 23.2 Å². The number of nitro groups is 1. The minimum Gasteiger partial charge on any atom is -0.404 e. The molecule has 4 fully saturated rings. The van der Waals surface area contributed by atoms with Crippen LogP contribution in [0.1, 0.15) is 77.1 Å². The Morgan fingerprint density at radius 3 is 2.68 bits per heavy atom. The smallest absolute Gasteiger partial charge is 0.404 e. The fourth-order valence-electron chi connectivity index (χ4n) is 6.73. The van der Waals surface area contributed by atoms with Crippen molar-refractivity contribution in [3.8, 4) is 0 Å². The third-order valence-corrected chi connectivity index (χ3v) is 9.03. The number of hydrazine groups is 1. The standard InChI is InChI=1S/C27H42BN7O6/c1-16(2)12-22(28-40-21-14-18-13-20(26(18,3)4)27(21,5)41-28)33-24(37)19(9-7-11-31-25(29)34-35(38)39)32-23(36)17-8-6-10-30-15-17/h6,8,10,15-16,18-22H,7,9,11-14H2,1-5H3,(H,32,36)(H,33,37)(H3,29,31,34)/t18-,19+,20-,21-,22+,27+/m1/s1. The molecule has 5 rings (SSSR count). The van der Waals surface area contributed by atoms with Crippen LogP contribution in [0.2, 0.25) is 0 Å². The molecule has 0 radical (unpaired) electrons. The van der Waals surface area contributed by atoms with Crippen LogP contribution in [0.25, 0.3) is 0 Å². The molecule has 0 unspecified atom stereocenters. The maximum absolute atomic E-state index is 13.7. The van der Waals surface area contributed by atoms with Crippen molar-refractivity contribution < 1.29 is 23.9 Å². The average molecular weight is 571 g/mol. The van der Waals surface area contributed by atoms with Crippen molar-refractivity contribution in [1.29, 1.82) is 0 Å². The summed E-state index contributed by atoms with van der Waals surface area (Å²) in [5.74, 6) is -0.308. The molecule has 1 aromatic rings. The van der Waals surface area contributed by atoms with Crippen LogP contribution in [0, 0.1) is 33.3 Å². The second kappa shape index (κ2) is 12.3. The lowest BCUT2D eigenvalue weighted by Crippen LogP contribution is -2.65. The van der Waals surface area contributed by atoms with Gasteiger partial charge < -0.3 is 25.7 Å². The van der Waals surface area contributed by atoms with E-state index in [1.807, 2.05) is 0 Å². The van der Waals surface area contributed by atoms with Gasteiger partial charge in [-0.1, -0.05) is 33.1 Å². The summed E-state index contributed by atoms with van der Waals surface area (Å²) in [6.45, 7) is 11.0. The first kappa shape index (κ1) is 30.7. The van der Waals surface area contributed by atoms with Gasteiger partial charge >= 0.3 is 7.12 Å². The maximum Gasteiger partial charge on any atom is 0.481 e. The first-order valence-corrected chi connectivity index (χ1v) is 14.4. The van der Waals surface area contributed by atoms with E-state index in [4.69, 9.17) is 15.0 Å². The summed E-state index contributed by atoms with van der Waals surface area (Å²) >= 11 is 0. The summed E-state index contributed by atoms with van der Waals surface area (Å²) in [6.07, 6.45) is 6.24. The molecular weight excluding hydrogens is 529 g/mol. The highest BCUT2D eigenvalue weighted by Gasteiger charge is 2.68. The summed E-state index contributed by atoms with van der Waals surface area (Å²) < 4.78 is 13.2. The number of guanidine groups is 1. The van der Waals surface area contributed by atoms with Crippen molar-refractivity contribution in [2.24, 2.45) is 33.9 Å². The Balaban J connectivity index is 1.46. The summed E-state index contributed by atoms with van der Waals surface area (Å²) in [7, 11) is -0.598. The van der Waals surface area contributed by atoms with E-state index < -0.39 is 35.6 Å². The number of carbonyl (C=O) groups excluding carboxylic acids is 2. The van der Waals surface area contributed by atoms with Crippen molar-refractivity contribution in [3.05, 3.63) is 40.2 Å². The molecule has 6 atom stereocenters. The molecule has 1 aromatic heterocycles. The molecule has 41 heavy (non-hydrogen) atoms. The molecule has 1 aliphatic heterocycles. The molecule has 13 nitrogen and oxygen atoms in total. The molecule has 5 N–H and O–H groups in total. The molecule has 0 aromatic carbocycles. The highest BCUT2D eigenvalue weighted by atomic mass is 16.7. The lowest BCUT2D eigenvalue weighted by Gasteiger charge is -2.64. The van der Waals surface area contributed by atoms with Crippen LogP contribution in [0.5, 0.6) is 0 Å². The molecule has 2 amide bonds. The Bertz CT molecular complexity index is 1150. The average Bonchev–Trinajstić information content (AvgIpc) is 3.26. The fourth-order valence-corrected chi connectivity index (χ4v) is 6.73. The van der Waals surface area contributed by atoms with E-state index in [9.17, 15) is 19.7 Å². The Hall–Kier alpha value is -3.26. The fraction of sp³-hybridized carbons (Fsp3) is 0.704. The summed E-state index contributed by atoms with van der Waals surface area (Å²) in [5.41, 5.74) is 7.39. The number of carbonyl (C=O) groups is 2. The molecule has 14 heteroatoms. The third kappa shape index (κ3) is 6.80. The zero-order valence-corrected chi connectivity index (χ0v) is 24.5. The van der Waals surface area contributed by atoms with Crippen molar-refractivity contribution in [3.63, 3.8) is 0 Å². The number of pyridine rings is 1. The van der Waals surface area contributed by atoms with Crippen LogP contribution < -0.4 is 21.8 Å². The van der Waals surface area contributed by atoms with Gasteiger partial charge in [-0.2, -0.15) is 0 Å². The van der Waals surface area contributed by atoms with Gasteiger partial charge in [-0.15, -0.1) is 0 Å². The van der Waals surface area contributed by atoms with Gasteiger partial charge in [0, 0.05) is 18.9 Å². The molecule has 0 spiro atoms. The van der Waals surface area contributed by atoms with Gasteiger partial charge in [-0.25, -0.2) is 15.1 Å². The van der Waals surface area contributed by atoms with Crippen LogP contribution in [0.15, 0.2) is 29.5 Å². The number of nitrogens with zero attached hydrogens (tertiary/aromatic N) is 3. The lowest BCUT2D eigenvalue weighted by atomic mass is 9.43.